The molecule has 0 atom stereocenters. The van der Waals surface area contributed by atoms with E-state index in [2.05, 4.69) is 41.3 Å². The van der Waals surface area contributed by atoms with Crippen LogP contribution in [0, 0.1) is 13.8 Å². The summed E-state index contributed by atoms with van der Waals surface area (Å²) in [6.07, 6.45) is 7.74. The first-order valence-electron chi connectivity index (χ1n) is 8.33. The number of nitrogens with one attached hydrogen (secondary N) is 2. The lowest BCUT2D eigenvalue weighted by molar-refractivity contribution is -0.111. The van der Waals surface area contributed by atoms with Crippen molar-refractivity contribution in [1.82, 2.24) is 9.97 Å². The number of H-pyrrole nitrogens is 1. The Hall–Kier alpha value is -2.85. The number of nitrogens with zero attached hydrogens (tertiary/aromatic N) is 1. The molecular weight excluding hydrogens is 346 g/mol. The molecule has 1 amide bonds. The minimum Gasteiger partial charge on any atom is -0.348 e. The van der Waals surface area contributed by atoms with Gasteiger partial charge >= 0.3 is 0 Å². The fourth-order valence-electron chi connectivity index (χ4n) is 2.91. The van der Waals surface area contributed by atoms with Gasteiger partial charge in [-0.3, -0.25) is 4.79 Å². The number of carbonyl (C=O) groups excluding carboxylic acids is 1. The number of aromatic amines is 1. The number of aryl methyl sites for hydroxylation is 2. The third kappa shape index (κ3) is 4.61. The quantitative estimate of drug-likeness (QED) is 0.630. The summed E-state index contributed by atoms with van der Waals surface area (Å²) >= 11 is 5.85. The Morgan fingerprint density at radius 3 is 2.50 bits per heavy atom. The number of anilines is 1. The zero-order chi connectivity index (χ0) is 18.5. The summed E-state index contributed by atoms with van der Waals surface area (Å²) < 4.78 is 0. The monoisotopic (exact) mass is 365 g/mol. The van der Waals surface area contributed by atoms with Crippen LogP contribution in [0.25, 0.3) is 6.08 Å². The van der Waals surface area contributed by atoms with Crippen LogP contribution in [-0.2, 0) is 11.2 Å². The minimum atomic E-state index is -0.173. The maximum atomic E-state index is 12.1. The van der Waals surface area contributed by atoms with E-state index in [0.29, 0.717) is 10.7 Å². The van der Waals surface area contributed by atoms with Crippen LogP contribution in [0.3, 0.4) is 0 Å². The Morgan fingerprint density at radius 2 is 1.88 bits per heavy atom. The molecule has 0 saturated carbocycles. The second-order valence-electron chi connectivity index (χ2n) is 6.23. The molecular formula is C21H20ClN3O. The molecule has 1 aromatic heterocycles. The van der Waals surface area contributed by atoms with Crippen molar-refractivity contribution in [2.45, 2.75) is 20.3 Å². The summed E-state index contributed by atoms with van der Waals surface area (Å²) in [7, 11) is 0. The number of amides is 1. The lowest BCUT2D eigenvalue weighted by Crippen LogP contribution is -2.07. The summed E-state index contributed by atoms with van der Waals surface area (Å²) in [5.74, 6) is -0.173. The van der Waals surface area contributed by atoms with Gasteiger partial charge in [0.1, 0.15) is 0 Å². The number of aromatic nitrogens is 2. The smallest absolute Gasteiger partial charge is 0.248 e. The number of imidazole rings is 1. The largest absolute Gasteiger partial charge is 0.348 e. The number of hydrogen-bond acceptors (Lipinski definition) is 2. The maximum absolute atomic E-state index is 12.1. The first-order chi connectivity index (χ1) is 12.5. The number of halogens is 1. The van der Waals surface area contributed by atoms with Crippen LogP contribution in [0.1, 0.15) is 27.9 Å². The highest BCUT2D eigenvalue weighted by atomic mass is 35.5. The van der Waals surface area contributed by atoms with E-state index in [1.807, 2.05) is 12.3 Å². The third-order valence-electron chi connectivity index (χ3n) is 4.12. The topological polar surface area (TPSA) is 57.8 Å². The molecule has 0 radical (unpaired) electrons. The molecule has 0 aliphatic carbocycles. The molecule has 0 spiro atoms. The molecule has 3 aromatic rings. The number of hydrogen-bond donors (Lipinski definition) is 2. The van der Waals surface area contributed by atoms with Crippen molar-refractivity contribution < 1.29 is 4.79 Å². The van der Waals surface area contributed by atoms with Gasteiger partial charge in [0.2, 0.25) is 5.91 Å². The normalized spacial score (nSPS) is 11.0. The molecule has 0 aliphatic heterocycles. The lowest BCUT2D eigenvalue weighted by Gasteiger charge is -2.09. The van der Waals surface area contributed by atoms with Gasteiger partial charge in [-0.15, -0.1) is 0 Å². The number of carbonyl (C=O) groups is 1. The van der Waals surface area contributed by atoms with Gasteiger partial charge in [-0.1, -0.05) is 23.7 Å². The van der Waals surface area contributed by atoms with Gasteiger partial charge in [0.15, 0.2) is 0 Å². The summed E-state index contributed by atoms with van der Waals surface area (Å²) in [4.78, 5) is 19.3. The van der Waals surface area contributed by atoms with Crippen molar-refractivity contribution in [1.29, 1.82) is 0 Å². The first kappa shape index (κ1) is 18.0. The number of rotatable bonds is 5. The van der Waals surface area contributed by atoms with Crippen LogP contribution in [0.5, 0.6) is 0 Å². The molecule has 1 heterocycles. The molecule has 2 N–H and O–H groups in total. The fraction of sp³-hybridized carbons (Fsp3) is 0.143. The van der Waals surface area contributed by atoms with Gasteiger partial charge in [-0.05, 0) is 66.4 Å². The summed E-state index contributed by atoms with van der Waals surface area (Å²) in [6, 6.07) is 11.3. The summed E-state index contributed by atoms with van der Waals surface area (Å²) in [5.41, 5.74) is 6.34. The zero-order valence-corrected chi connectivity index (χ0v) is 15.5. The van der Waals surface area contributed by atoms with Crippen molar-refractivity contribution in [3.05, 3.63) is 88.0 Å². The molecule has 2 aromatic carbocycles. The molecule has 132 valence electrons. The van der Waals surface area contributed by atoms with Crippen LogP contribution in [-0.4, -0.2) is 15.9 Å². The molecule has 0 fully saturated rings. The average Bonchev–Trinajstić information content (AvgIpc) is 3.09. The predicted octanol–water partition coefficient (Wildman–Crippen LogP) is 4.92. The summed E-state index contributed by atoms with van der Waals surface area (Å²) in [6.45, 7) is 4.11. The Bertz CT molecular complexity index is 905. The Morgan fingerprint density at radius 1 is 1.19 bits per heavy atom. The van der Waals surface area contributed by atoms with Gasteiger partial charge in [0.25, 0.3) is 0 Å². The van der Waals surface area contributed by atoms with E-state index in [-0.39, 0.29) is 5.91 Å². The minimum absolute atomic E-state index is 0.173. The molecule has 0 aliphatic rings. The highest BCUT2D eigenvalue weighted by Gasteiger charge is 2.05. The van der Waals surface area contributed by atoms with Crippen LogP contribution >= 0.6 is 11.6 Å². The SMILES string of the molecule is Cc1cc(Cc2cnc[nH]2)cc(C)c1C=CC(=O)Nc1ccc(Cl)cc1. The van der Waals surface area contributed by atoms with E-state index < -0.39 is 0 Å². The predicted molar refractivity (Wildman–Crippen MR) is 106 cm³/mol. The third-order valence-corrected chi connectivity index (χ3v) is 4.37. The van der Waals surface area contributed by atoms with Crippen molar-refractivity contribution in [2.24, 2.45) is 0 Å². The second kappa shape index (κ2) is 8.02. The van der Waals surface area contributed by atoms with Crippen LogP contribution in [0.2, 0.25) is 5.02 Å². The van der Waals surface area contributed by atoms with Crippen molar-refractivity contribution in [3.63, 3.8) is 0 Å². The van der Waals surface area contributed by atoms with Gasteiger partial charge in [0.05, 0.1) is 6.33 Å². The summed E-state index contributed by atoms with van der Waals surface area (Å²) in [5, 5.41) is 3.46. The fourth-order valence-corrected chi connectivity index (χ4v) is 3.03. The molecule has 0 bridgehead atoms. The lowest BCUT2D eigenvalue weighted by atomic mass is 9.97. The van der Waals surface area contributed by atoms with Crippen LogP contribution in [0.15, 0.2) is 55.0 Å². The van der Waals surface area contributed by atoms with Crippen molar-refractivity contribution >= 4 is 29.3 Å². The van der Waals surface area contributed by atoms with Crippen molar-refractivity contribution in [3.8, 4) is 0 Å². The standard InChI is InChI=1S/C21H20ClN3O/c1-14-9-16(11-19-12-23-13-24-19)10-15(2)20(14)7-8-21(26)25-18-5-3-17(22)4-6-18/h3-10,12-13H,11H2,1-2H3,(H,23,24)(H,25,26). The van der Waals surface area contributed by atoms with E-state index in [0.717, 1.165) is 28.8 Å². The van der Waals surface area contributed by atoms with E-state index in [4.69, 9.17) is 11.6 Å². The molecule has 0 saturated heterocycles. The van der Waals surface area contributed by atoms with E-state index in [1.165, 1.54) is 5.56 Å². The van der Waals surface area contributed by atoms with Crippen molar-refractivity contribution in [2.75, 3.05) is 5.32 Å². The van der Waals surface area contributed by atoms with E-state index >= 15 is 0 Å². The molecule has 5 heteroatoms. The van der Waals surface area contributed by atoms with E-state index in [9.17, 15) is 4.79 Å². The van der Waals surface area contributed by atoms with Gasteiger partial charge < -0.3 is 10.3 Å². The van der Waals surface area contributed by atoms with Crippen LogP contribution < -0.4 is 5.32 Å². The van der Waals surface area contributed by atoms with Gasteiger partial charge in [0, 0.05) is 35.1 Å². The van der Waals surface area contributed by atoms with Crippen LogP contribution in [0.4, 0.5) is 5.69 Å². The average molecular weight is 366 g/mol. The Labute approximate surface area is 157 Å². The maximum Gasteiger partial charge on any atom is 0.248 e. The highest BCUT2D eigenvalue weighted by molar-refractivity contribution is 6.30. The van der Waals surface area contributed by atoms with Gasteiger partial charge in [-0.2, -0.15) is 0 Å². The Kier molecular flexibility index (Phi) is 5.54. The first-order valence-corrected chi connectivity index (χ1v) is 8.71. The number of benzene rings is 2. The van der Waals surface area contributed by atoms with Gasteiger partial charge in [-0.25, -0.2) is 4.98 Å². The molecule has 0 unspecified atom stereocenters. The zero-order valence-electron chi connectivity index (χ0n) is 14.7. The molecule has 4 nitrogen and oxygen atoms in total. The Balaban J connectivity index is 1.71. The van der Waals surface area contributed by atoms with E-state index in [1.54, 1.807) is 36.7 Å². The molecule has 3 rings (SSSR count). The highest BCUT2D eigenvalue weighted by Crippen LogP contribution is 2.20. The second-order valence-corrected chi connectivity index (χ2v) is 6.66. The molecule has 26 heavy (non-hydrogen) atoms.